The molecular weight excluding hydrogens is 344 g/mol. The molecule has 0 spiro atoms. The van der Waals surface area contributed by atoms with Gasteiger partial charge in [0, 0.05) is 11.9 Å². The van der Waals surface area contributed by atoms with E-state index >= 15 is 0 Å². The molecule has 17 heavy (non-hydrogen) atoms. The molecule has 0 bridgehead atoms. The molecule has 0 aliphatic rings. The maximum absolute atomic E-state index is 4.42. The fraction of sp³-hybridized carbons (Fsp3) is 0.769. The molecule has 98 valence electrons. The first-order valence-corrected chi connectivity index (χ1v) is 7.76. The lowest BCUT2D eigenvalue weighted by Gasteiger charge is -2.25. The third-order valence-corrected chi connectivity index (χ3v) is 5.94. The van der Waals surface area contributed by atoms with Crippen LogP contribution in [0.2, 0.25) is 0 Å². The Morgan fingerprint density at radius 2 is 1.94 bits per heavy atom. The molecule has 1 heterocycles. The Labute approximate surface area is 121 Å². The van der Waals surface area contributed by atoms with Crippen LogP contribution in [0.1, 0.15) is 45.0 Å². The molecule has 1 aromatic heterocycles. The average molecular weight is 366 g/mol. The van der Waals surface area contributed by atoms with Crippen molar-refractivity contribution < 1.29 is 0 Å². The van der Waals surface area contributed by atoms with Crippen molar-refractivity contribution in [3.8, 4) is 0 Å². The van der Waals surface area contributed by atoms with Crippen LogP contribution in [0.15, 0.2) is 4.47 Å². The summed E-state index contributed by atoms with van der Waals surface area (Å²) in [6.07, 6.45) is 3.46. The molecule has 0 aromatic carbocycles. The van der Waals surface area contributed by atoms with Gasteiger partial charge in [-0.05, 0) is 47.5 Å². The smallest absolute Gasteiger partial charge is 0.0738 e. The van der Waals surface area contributed by atoms with Crippen LogP contribution in [0.4, 0.5) is 0 Å². The van der Waals surface area contributed by atoms with Gasteiger partial charge in [0.1, 0.15) is 0 Å². The molecule has 0 radical (unpaired) electrons. The van der Waals surface area contributed by atoms with Crippen molar-refractivity contribution in [1.29, 1.82) is 0 Å². The Morgan fingerprint density at radius 3 is 2.35 bits per heavy atom. The molecule has 0 aliphatic heterocycles. The van der Waals surface area contributed by atoms with E-state index in [0.717, 1.165) is 12.1 Å². The summed E-state index contributed by atoms with van der Waals surface area (Å²) in [5.74, 6) is 0. The molecule has 1 aromatic rings. The summed E-state index contributed by atoms with van der Waals surface area (Å²) in [5.41, 5.74) is 2.71. The Hall–Kier alpha value is 0.170. The van der Waals surface area contributed by atoms with Gasteiger partial charge >= 0.3 is 0 Å². The van der Waals surface area contributed by atoms with Gasteiger partial charge in [-0.3, -0.25) is 4.68 Å². The van der Waals surface area contributed by atoms with E-state index in [1.54, 1.807) is 0 Å². The van der Waals surface area contributed by atoms with Crippen molar-refractivity contribution in [2.75, 3.05) is 0 Å². The van der Waals surface area contributed by atoms with Crippen LogP contribution in [0.5, 0.6) is 0 Å². The molecule has 2 nitrogen and oxygen atoms in total. The lowest BCUT2D eigenvalue weighted by atomic mass is 9.89. The van der Waals surface area contributed by atoms with Crippen molar-refractivity contribution in [2.45, 2.75) is 51.8 Å². The summed E-state index contributed by atoms with van der Waals surface area (Å²) in [5, 5.41) is 4.42. The van der Waals surface area contributed by atoms with Crippen molar-refractivity contribution in [3.63, 3.8) is 0 Å². The second-order valence-corrected chi connectivity index (χ2v) is 7.59. The zero-order chi connectivity index (χ0) is 13.2. The number of hydrogen-bond acceptors (Lipinski definition) is 1. The molecule has 0 saturated heterocycles. The molecule has 0 N–H and O–H groups in total. The van der Waals surface area contributed by atoms with Crippen molar-refractivity contribution in [3.05, 3.63) is 15.9 Å². The average Bonchev–Trinajstić information content (AvgIpc) is 2.42. The number of aromatic nitrogens is 2. The van der Waals surface area contributed by atoms with Crippen LogP contribution in [0, 0.1) is 12.3 Å². The molecule has 0 amide bonds. The van der Waals surface area contributed by atoms with Crippen LogP contribution < -0.4 is 0 Å². The lowest BCUT2D eigenvalue weighted by Crippen LogP contribution is -2.20. The highest BCUT2D eigenvalue weighted by Gasteiger charge is 2.21. The van der Waals surface area contributed by atoms with Gasteiger partial charge in [0.05, 0.1) is 15.9 Å². The van der Waals surface area contributed by atoms with Gasteiger partial charge in [0.15, 0.2) is 0 Å². The van der Waals surface area contributed by atoms with E-state index in [9.17, 15) is 0 Å². The maximum atomic E-state index is 4.42. The topological polar surface area (TPSA) is 17.8 Å². The number of hydrogen-bond donors (Lipinski definition) is 0. The van der Waals surface area contributed by atoms with Gasteiger partial charge in [-0.15, -0.1) is 0 Å². The molecular formula is C13H22Br2N2. The summed E-state index contributed by atoms with van der Waals surface area (Å²) in [4.78, 5) is 0.572. The van der Waals surface area contributed by atoms with E-state index in [4.69, 9.17) is 0 Å². The lowest BCUT2D eigenvalue weighted by molar-refractivity contribution is 0.379. The summed E-state index contributed by atoms with van der Waals surface area (Å²) in [6, 6.07) is 0. The third-order valence-electron chi connectivity index (χ3n) is 3.07. The fourth-order valence-corrected chi connectivity index (χ4v) is 2.69. The highest BCUT2D eigenvalue weighted by Crippen LogP contribution is 2.30. The number of rotatable bonds is 4. The van der Waals surface area contributed by atoms with Crippen LogP contribution in [0.3, 0.4) is 0 Å². The fourth-order valence-electron chi connectivity index (χ4n) is 1.83. The monoisotopic (exact) mass is 364 g/mol. The van der Waals surface area contributed by atoms with Crippen LogP contribution >= 0.6 is 31.9 Å². The summed E-state index contributed by atoms with van der Waals surface area (Å²) in [6.45, 7) is 8.86. The van der Waals surface area contributed by atoms with E-state index in [1.165, 1.54) is 23.0 Å². The minimum atomic E-state index is 0.333. The van der Waals surface area contributed by atoms with Crippen molar-refractivity contribution >= 4 is 31.9 Å². The molecule has 1 rings (SSSR count). The van der Waals surface area contributed by atoms with E-state index < -0.39 is 0 Å². The Morgan fingerprint density at radius 1 is 1.35 bits per heavy atom. The number of aryl methyl sites for hydroxylation is 2. The molecule has 1 unspecified atom stereocenters. The number of nitrogens with zero attached hydrogens (tertiary/aromatic N) is 2. The summed E-state index contributed by atoms with van der Waals surface area (Å²) < 4.78 is 3.15. The van der Waals surface area contributed by atoms with Crippen LogP contribution in [-0.4, -0.2) is 14.6 Å². The zero-order valence-corrected chi connectivity index (χ0v) is 14.5. The quantitative estimate of drug-likeness (QED) is 0.711. The van der Waals surface area contributed by atoms with E-state index in [0.29, 0.717) is 10.2 Å². The Balaban J connectivity index is 2.52. The standard InChI is InChI=1S/C13H22Br2N2/c1-9-12(15)10(17(5)16-9)7-6-8-11(14)13(2,3)4/h11H,6-8H2,1-5H3. The van der Waals surface area contributed by atoms with Crippen molar-refractivity contribution in [2.24, 2.45) is 12.5 Å². The molecule has 0 saturated carbocycles. The first-order valence-electron chi connectivity index (χ1n) is 6.05. The highest BCUT2D eigenvalue weighted by atomic mass is 79.9. The van der Waals surface area contributed by atoms with E-state index in [-0.39, 0.29) is 0 Å². The number of halogens is 2. The minimum absolute atomic E-state index is 0.333. The van der Waals surface area contributed by atoms with Crippen LogP contribution in [-0.2, 0) is 13.5 Å². The second-order valence-electron chi connectivity index (χ2n) is 5.70. The first kappa shape index (κ1) is 15.2. The van der Waals surface area contributed by atoms with Gasteiger partial charge in [0.25, 0.3) is 0 Å². The van der Waals surface area contributed by atoms with Gasteiger partial charge in [-0.2, -0.15) is 5.10 Å². The predicted octanol–water partition coefficient (Wildman–Crippen LogP) is 4.62. The van der Waals surface area contributed by atoms with Gasteiger partial charge in [0.2, 0.25) is 0 Å². The van der Waals surface area contributed by atoms with E-state index in [1.807, 2.05) is 18.7 Å². The van der Waals surface area contributed by atoms with Crippen LogP contribution in [0.25, 0.3) is 0 Å². The number of alkyl halides is 1. The Kier molecular flexibility index (Phi) is 5.26. The normalized spacial score (nSPS) is 14.1. The van der Waals surface area contributed by atoms with E-state index in [2.05, 4.69) is 57.7 Å². The molecule has 1 atom stereocenters. The molecule has 0 aliphatic carbocycles. The third kappa shape index (κ3) is 4.09. The molecule has 0 fully saturated rings. The minimum Gasteiger partial charge on any atom is -0.271 e. The van der Waals surface area contributed by atoms with Gasteiger partial charge < -0.3 is 0 Å². The SMILES string of the molecule is Cc1nn(C)c(CCCC(Br)C(C)(C)C)c1Br. The van der Waals surface area contributed by atoms with Gasteiger partial charge in [-0.1, -0.05) is 36.7 Å². The van der Waals surface area contributed by atoms with Gasteiger partial charge in [-0.25, -0.2) is 0 Å². The summed E-state index contributed by atoms with van der Waals surface area (Å²) >= 11 is 7.39. The molecule has 4 heteroatoms. The Bertz CT molecular complexity index is 378. The predicted molar refractivity (Wildman–Crippen MR) is 80.8 cm³/mol. The zero-order valence-electron chi connectivity index (χ0n) is 11.3. The van der Waals surface area contributed by atoms with Crippen molar-refractivity contribution in [1.82, 2.24) is 9.78 Å². The first-order chi connectivity index (χ1) is 7.73. The maximum Gasteiger partial charge on any atom is 0.0738 e. The largest absolute Gasteiger partial charge is 0.271 e. The second kappa shape index (κ2) is 5.87. The highest BCUT2D eigenvalue weighted by molar-refractivity contribution is 9.10. The summed E-state index contributed by atoms with van der Waals surface area (Å²) in [7, 11) is 2.02.